The molecule has 0 saturated heterocycles. The molecule has 0 aliphatic rings. The Morgan fingerprint density at radius 1 is 1.07 bits per heavy atom. The number of pyridine rings is 1. The molecule has 1 aromatic carbocycles. The standard InChI is InChI=1S/C11H7N3O/c15-14-5-4-13-10-7-9-8(6-11(10)14)2-1-3-12-9/h1-7H. The van der Waals surface area contributed by atoms with E-state index >= 15 is 0 Å². The van der Waals surface area contributed by atoms with Crippen molar-refractivity contribution in [1.82, 2.24) is 9.97 Å². The van der Waals surface area contributed by atoms with Crippen molar-refractivity contribution in [3.63, 3.8) is 0 Å². The van der Waals surface area contributed by atoms with Crippen molar-refractivity contribution in [2.75, 3.05) is 0 Å². The van der Waals surface area contributed by atoms with Gasteiger partial charge in [0.15, 0.2) is 6.20 Å². The zero-order chi connectivity index (χ0) is 10.3. The highest BCUT2D eigenvalue weighted by Gasteiger charge is 2.05. The van der Waals surface area contributed by atoms with Crippen molar-refractivity contribution in [3.05, 3.63) is 48.1 Å². The fourth-order valence-electron chi connectivity index (χ4n) is 1.63. The molecule has 0 saturated carbocycles. The summed E-state index contributed by atoms with van der Waals surface area (Å²) in [5.41, 5.74) is 2.08. The number of hydrogen-bond donors (Lipinski definition) is 0. The average molecular weight is 197 g/mol. The number of rotatable bonds is 0. The Labute approximate surface area is 85.4 Å². The normalized spacial score (nSPS) is 10.9. The summed E-state index contributed by atoms with van der Waals surface area (Å²) >= 11 is 0. The van der Waals surface area contributed by atoms with Crippen molar-refractivity contribution in [2.45, 2.75) is 0 Å². The Bertz CT molecular complexity index is 651. The van der Waals surface area contributed by atoms with Crippen molar-refractivity contribution in [1.29, 1.82) is 0 Å². The maximum absolute atomic E-state index is 11.5. The van der Waals surface area contributed by atoms with Crippen LogP contribution in [0.2, 0.25) is 0 Å². The van der Waals surface area contributed by atoms with Gasteiger partial charge in [-0.2, -0.15) is 4.73 Å². The molecule has 0 N–H and O–H groups in total. The van der Waals surface area contributed by atoms with Gasteiger partial charge in [0, 0.05) is 17.6 Å². The second-order valence-electron chi connectivity index (χ2n) is 3.29. The Morgan fingerprint density at radius 3 is 2.87 bits per heavy atom. The lowest BCUT2D eigenvalue weighted by atomic mass is 10.2. The van der Waals surface area contributed by atoms with Crippen LogP contribution in [0, 0.1) is 5.21 Å². The third kappa shape index (κ3) is 1.19. The van der Waals surface area contributed by atoms with E-state index in [-0.39, 0.29) is 0 Å². The molecule has 0 unspecified atom stereocenters. The van der Waals surface area contributed by atoms with Crippen LogP contribution >= 0.6 is 0 Å². The highest BCUT2D eigenvalue weighted by atomic mass is 16.5. The monoisotopic (exact) mass is 197 g/mol. The highest BCUT2D eigenvalue weighted by Crippen LogP contribution is 2.16. The van der Waals surface area contributed by atoms with Crippen LogP contribution in [0.15, 0.2) is 42.9 Å². The third-order valence-electron chi connectivity index (χ3n) is 2.35. The SMILES string of the molecule is [O-][n+]1ccnc2cc3ncccc3cc21. The van der Waals surface area contributed by atoms with Crippen molar-refractivity contribution in [2.24, 2.45) is 0 Å². The molecule has 0 amide bonds. The summed E-state index contributed by atoms with van der Waals surface area (Å²) in [6, 6.07) is 7.39. The van der Waals surface area contributed by atoms with Crippen LogP contribution in [0.3, 0.4) is 0 Å². The van der Waals surface area contributed by atoms with Gasteiger partial charge in [-0.25, -0.2) is 4.98 Å². The molecule has 0 fully saturated rings. The van der Waals surface area contributed by atoms with Gasteiger partial charge in [-0.1, -0.05) is 6.07 Å². The number of aromatic nitrogens is 3. The van der Waals surface area contributed by atoms with E-state index in [0.717, 1.165) is 15.6 Å². The molecule has 2 heterocycles. The first-order valence-corrected chi connectivity index (χ1v) is 4.57. The van der Waals surface area contributed by atoms with E-state index in [9.17, 15) is 5.21 Å². The first-order chi connectivity index (χ1) is 7.34. The summed E-state index contributed by atoms with van der Waals surface area (Å²) < 4.78 is 0.814. The smallest absolute Gasteiger partial charge is 0.243 e. The van der Waals surface area contributed by atoms with Crippen LogP contribution in [0.4, 0.5) is 0 Å². The van der Waals surface area contributed by atoms with Gasteiger partial charge in [0.25, 0.3) is 0 Å². The molecule has 0 spiro atoms. The minimum atomic E-state index is 0.568. The van der Waals surface area contributed by atoms with Crippen LogP contribution in [0.1, 0.15) is 0 Å². The molecule has 15 heavy (non-hydrogen) atoms. The van der Waals surface area contributed by atoms with E-state index in [4.69, 9.17) is 0 Å². The van der Waals surface area contributed by atoms with Gasteiger partial charge in [-0.15, -0.1) is 0 Å². The van der Waals surface area contributed by atoms with Crippen LogP contribution in [-0.2, 0) is 0 Å². The predicted octanol–water partition coefficient (Wildman–Crippen LogP) is 1.42. The van der Waals surface area contributed by atoms with E-state index in [1.165, 1.54) is 12.4 Å². The molecule has 0 bridgehead atoms. The third-order valence-corrected chi connectivity index (χ3v) is 2.35. The van der Waals surface area contributed by atoms with Crippen molar-refractivity contribution in [3.8, 4) is 0 Å². The van der Waals surface area contributed by atoms with Gasteiger partial charge in [-0.3, -0.25) is 4.98 Å². The summed E-state index contributed by atoms with van der Waals surface area (Å²) in [7, 11) is 0. The fraction of sp³-hybridized carbons (Fsp3) is 0. The lowest BCUT2D eigenvalue weighted by Gasteiger charge is -2.01. The molecule has 0 radical (unpaired) electrons. The predicted molar refractivity (Wildman–Crippen MR) is 56.0 cm³/mol. The van der Waals surface area contributed by atoms with Gasteiger partial charge in [0.2, 0.25) is 5.52 Å². The van der Waals surface area contributed by atoms with Crippen molar-refractivity contribution < 1.29 is 4.73 Å². The number of fused-ring (bicyclic) bond motifs is 2. The Hall–Kier alpha value is -2.23. The molecule has 3 aromatic rings. The fourth-order valence-corrected chi connectivity index (χ4v) is 1.63. The molecule has 0 aliphatic carbocycles. The maximum atomic E-state index is 11.5. The largest absolute Gasteiger partial charge is 0.618 e. The molecule has 0 aliphatic heterocycles. The zero-order valence-corrected chi connectivity index (χ0v) is 7.79. The summed E-state index contributed by atoms with van der Waals surface area (Å²) in [6.45, 7) is 0. The van der Waals surface area contributed by atoms with Crippen molar-refractivity contribution >= 4 is 21.9 Å². The summed E-state index contributed by atoms with van der Waals surface area (Å²) in [5.74, 6) is 0. The number of benzene rings is 1. The quantitative estimate of drug-likeness (QED) is 0.311. The topological polar surface area (TPSA) is 52.7 Å². The number of nitrogens with zero attached hydrogens (tertiary/aromatic N) is 3. The zero-order valence-electron chi connectivity index (χ0n) is 7.79. The summed E-state index contributed by atoms with van der Waals surface area (Å²) in [5, 5.41) is 12.4. The van der Waals surface area contributed by atoms with E-state index in [1.54, 1.807) is 12.3 Å². The minimum Gasteiger partial charge on any atom is -0.618 e. The van der Waals surface area contributed by atoms with Crippen LogP contribution in [-0.4, -0.2) is 9.97 Å². The van der Waals surface area contributed by atoms with Gasteiger partial charge >= 0.3 is 0 Å². The first-order valence-electron chi connectivity index (χ1n) is 4.57. The Morgan fingerprint density at radius 2 is 1.93 bits per heavy atom. The van der Waals surface area contributed by atoms with E-state index in [0.29, 0.717) is 11.0 Å². The second-order valence-corrected chi connectivity index (χ2v) is 3.29. The van der Waals surface area contributed by atoms with Gasteiger partial charge in [0.05, 0.1) is 11.7 Å². The molecule has 3 rings (SSSR count). The highest BCUT2D eigenvalue weighted by molar-refractivity contribution is 5.91. The van der Waals surface area contributed by atoms with E-state index < -0.39 is 0 Å². The number of hydrogen-bond acceptors (Lipinski definition) is 3. The summed E-state index contributed by atoms with van der Waals surface area (Å²) in [6.07, 6.45) is 4.61. The van der Waals surface area contributed by atoms with Crippen LogP contribution in [0.5, 0.6) is 0 Å². The van der Waals surface area contributed by atoms with Crippen LogP contribution in [0.25, 0.3) is 21.9 Å². The Balaban J connectivity index is 2.53. The van der Waals surface area contributed by atoms with Gasteiger partial charge in [-0.05, 0) is 12.1 Å². The molecule has 0 atom stereocenters. The molecule has 4 heteroatoms. The molecular weight excluding hydrogens is 190 g/mol. The van der Waals surface area contributed by atoms with E-state index in [1.807, 2.05) is 18.2 Å². The first kappa shape index (κ1) is 8.11. The average Bonchev–Trinajstić information content (AvgIpc) is 2.27. The molecule has 72 valence electrons. The molecular formula is C11H7N3O. The molecule has 4 nitrogen and oxygen atoms in total. The minimum absolute atomic E-state index is 0.568. The Kier molecular flexibility index (Phi) is 1.56. The summed E-state index contributed by atoms with van der Waals surface area (Å²) in [4.78, 5) is 8.34. The molecule has 2 aromatic heterocycles. The van der Waals surface area contributed by atoms with E-state index in [2.05, 4.69) is 9.97 Å². The van der Waals surface area contributed by atoms with Crippen LogP contribution < -0.4 is 4.73 Å². The second kappa shape index (κ2) is 2.88. The lowest BCUT2D eigenvalue weighted by molar-refractivity contribution is -0.577. The maximum Gasteiger partial charge on any atom is 0.243 e. The lowest BCUT2D eigenvalue weighted by Crippen LogP contribution is -2.26. The van der Waals surface area contributed by atoms with Gasteiger partial charge in [0.1, 0.15) is 5.52 Å². The van der Waals surface area contributed by atoms with Gasteiger partial charge < -0.3 is 5.21 Å².